The zero-order chi connectivity index (χ0) is 16.3. The van der Waals surface area contributed by atoms with Crippen LogP contribution in [0.15, 0.2) is 23.1 Å². The van der Waals surface area contributed by atoms with Gasteiger partial charge in [-0.2, -0.15) is 0 Å². The fourth-order valence-electron chi connectivity index (χ4n) is 1.90. The van der Waals surface area contributed by atoms with Gasteiger partial charge in [0.05, 0.1) is 11.3 Å². The van der Waals surface area contributed by atoms with Crippen LogP contribution in [0.1, 0.15) is 37.0 Å². The largest absolute Gasteiger partial charge is 0.398 e. The third kappa shape index (κ3) is 4.69. The van der Waals surface area contributed by atoms with Crippen molar-refractivity contribution in [3.63, 3.8) is 0 Å². The highest BCUT2D eigenvalue weighted by Crippen LogP contribution is 2.20. The Kier molecular flexibility index (Phi) is 5.32. The van der Waals surface area contributed by atoms with Gasteiger partial charge in [-0.25, -0.2) is 13.1 Å². The summed E-state index contributed by atoms with van der Waals surface area (Å²) in [5.74, 6) is -0.690. The fourth-order valence-corrected chi connectivity index (χ4v) is 3.17. The van der Waals surface area contributed by atoms with E-state index in [9.17, 15) is 18.3 Å². The van der Waals surface area contributed by atoms with Crippen LogP contribution in [-0.2, 0) is 10.0 Å². The van der Waals surface area contributed by atoms with E-state index in [1.165, 1.54) is 18.2 Å². The summed E-state index contributed by atoms with van der Waals surface area (Å²) in [7, 11) is -3.87. The summed E-state index contributed by atoms with van der Waals surface area (Å²) in [6.07, 6.45) is 1.19. The zero-order valence-electron chi connectivity index (χ0n) is 12.1. The molecule has 8 heteroatoms. The number of nitrogen functional groups attached to an aromatic ring is 1. The number of benzene rings is 1. The quantitative estimate of drug-likeness (QED) is 0.533. The molecule has 1 aromatic carbocycles. The molecule has 0 aliphatic carbocycles. The second-order valence-electron chi connectivity index (χ2n) is 5.19. The van der Waals surface area contributed by atoms with E-state index in [1.54, 1.807) is 6.92 Å². The standard InChI is InChI=1S/C13H21N3O4S/c1-3-6-13(2,18)8-16-21(19,20)11-5-4-9(12(15)17)7-10(11)14/h4-5,7,16,18H,3,6,8,14H2,1-2H3,(H2,15,17). The van der Waals surface area contributed by atoms with Crippen molar-refractivity contribution in [2.24, 2.45) is 5.73 Å². The van der Waals surface area contributed by atoms with Gasteiger partial charge < -0.3 is 16.6 Å². The first kappa shape index (κ1) is 17.4. The van der Waals surface area contributed by atoms with Gasteiger partial charge in [-0.1, -0.05) is 13.3 Å². The van der Waals surface area contributed by atoms with Crippen LogP contribution < -0.4 is 16.2 Å². The molecule has 6 N–H and O–H groups in total. The predicted molar refractivity (Wildman–Crippen MR) is 80.1 cm³/mol. The Morgan fingerprint density at radius 3 is 2.52 bits per heavy atom. The molecule has 1 rings (SSSR count). The molecule has 1 amide bonds. The molecular weight excluding hydrogens is 294 g/mol. The van der Waals surface area contributed by atoms with Gasteiger partial charge in [0.15, 0.2) is 0 Å². The number of carbonyl (C=O) groups excluding carboxylic acids is 1. The molecule has 0 fully saturated rings. The first-order chi connectivity index (χ1) is 9.59. The summed E-state index contributed by atoms with van der Waals surface area (Å²) in [5.41, 5.74) is 9.67. The summed E-state index contributed by atoms with van der Waals surface area (Å²) in [4.78, 5) is 10.9. The van der Waals surface area contributed by atoms with E-state index in [0.29, 0.717) is 6.42 Å². The normalized spacial score (nSPS) is 14.6. The number of nitrogens with one attached hydrogen (secondary N) is 1. The molecule has 0 heterocycles. The van der Waals surface area contributed by atoms with Gasteiger partial charge in [0.2, 0.25) is 15.9 Å². The maximum absolute atomic E-state index is 12.2. The van der Waals surface area contributed by atoms with Gasteiger partial charge in [0.25, 0.3) is 0 Å². The van der Waals surface area contributed by atoms with Crippen molar-refractivity contribution < 1.29 is 18.3 Å². The van der Waals surface area contributed by atoms with Gasteiger partial charge in [-0.3, -0.25) is 4.79 Å². The number of amides is 1. The predicted octanol–water partition coefficient (Wildman–Crippen LogP) is 0.197. The average Bonchev–Trinajstić information content (AvgIpc) is 2.36. The van der Waals surface area contributed by atoms with Gasteiger partial charge in [0.1, 0.15) is 4.90 Å². The second kappa shape index (κ2) is 6.42. The first-order valence-corrected chi connectivity index (χ1v) is 7.99. The molecule has 1 unspecified atom stereocenters. The molecule has 0 spiro atoms. The molecule has 1 atom stereocenters. The molecule has 1 aromatic rings. The monoisotopic (exact) mass is 315 g/mol. The van der Waals surface area contributed by atoms with Crippen LogP contribution in [-0.4, -0.2) is 31.6 Å². The fraction of sp³-hybridized carbons (Fsp3) is 0.462. The lowest BCUT2D eigenvalue weighted by atomic mass is 10.0. The number of sulfonamides is 1. The third-order valence-electron chi connectivity index (χ3n) is 3.02. The van der Waals surface area contributed by atoms with E-state index in [2.05, 4.69) is 4.72 Å². The lowest BCUT2D eigenvalue weighted by Crippen LogP contribution is -2.40. The van der Waals surface area contributed by atoms with Gasteiger partial charge in [-0.15, -0.1) is 0 Å². The molecule has 0 bridgehead atoms. The first-order valence-electron chi connectivity index (χ1n) is 6.50. The van der Waals surface area contributed by atoms with Crippen molar-refractivity contribution >= 4 is 21.6 Å². The van der Waals surface area contributed by atoms with Crippen LogP contribution in [0.4, 0.5) is 5.69 Å². The summed E-state index contributed by atoms with van der Waals surface area (Å²) < 4.78 is 26.6. The molecule has 7 nitrogen and oxygen atoms in total. The van der Waals surface area contributed by atoms with E-state index in [0.717, 1.165) is 6.42 Å². The topological polar surface area (TPSA) is 136 Å². The molecule has 0 radical (unpaired) electrons. The Bertz CT molecular complexity index is 626. The maximum atomic E-state index is 12.2. The summed E-state index contributed by atoms with van der Waals surface area (Å²) >= 11 is 0. The van der Waals surface area contributed by atoms with E-state index in [-0.39, 0.29) is 22.7 Å². The van der Waals surface area contributed by atoms with Crippen molar-refractivity contribution in [1.29, 1.82) is 0 Å². The number of hydrogen-bond donors (Lipinski definition) is 4. The smallest absolute Gasteiger partial charge is 0.248 e. The molecular formula is C13H21N3O4S. The minimum Gasteiger partial charge on any atom is -0.398 e. The van der Waals surface area contributed by atoms with Crippen LogP contribution >= 0.6 is 0 Å². The number of carbonyl (C=O) groups is 1. The van der Waals surface area contributed by atoms with Gasteiger partial charge >= 0.3 is 0 Å². The van der Waals surface area contributed by atoms with E-state index >= 15 is 0 Å². The lowest BCUT2D eigenvalue weighted by Gasteiger charge is -2.23. The lowest BCUT2D eigenvalue weighted by molar-refractivity contribution is 0.0554. The van der Waals surface area contributed by atoms with Crippen LogP contribution in [0, 0.1) is 0 Å². The highest BCUT2D eigenvalue weighted by atomic mass is 32.2. The van der Waals surface area contributed by atoms with Crippen LogP contribution in [0.5, 0.6) is 0 Å². The highest BCUT2D eigenvalue weighted by molar-refractivity contribution is 7.89. The minimum atomic E-state index is -3.87. The molecule has 0 aliphatic heterocycles. The van der Waals surface area contributed by atoms with Crippen molar-refractivity contribution in [3.05, 3.63) is 23.8 Å². The van der Waals surface area contributed by atoms with Gasteiger partial charge in [-0.05, 0) is 31.5 Å². The Balaban J connectivity index is 2.96. The van der Waals surface area contributed by atoms with Crippen molar-refractivity contribution in [1.82, 2.24) is 4.72 Å². The molecule has 21 heavy (non-hydrogen) atoms. The Morgan fingerprint density at radius 1 is 1.43 bits per heavy atom. The zero-order valence-corrected chi connectivity index (χ0v) is 12.9. The highest BCUT2D eigenvalue weighted by Gasteiger charge is 2.24. The molecule has 0 saturated heterocycles. The second-order valence-corrected chi connectivity index (χ2v) is 6.92. The SMILES string of the molecule is CCCC(C)(O)CNS(=O)(=O)c1ccc(C(N)=O)cc1N. The molecule has 118 valence electrons. The van der Waals surface area contributed by atoms with Crippen LogP contribution in [0.25, 0.3) is 0 Å². The van der Waals surface area contributed by atoms with Crippen molar-refractivity contribution in [2.45, 2.75) is 37.2 Å². The van der Waals surface area contributed by atoms with Crippen LogP contribution in [0.2, 0.25) is 0 Å². The molecule has 0 saturated carbocycles. The molecule has 0 aromatic heterocycles. The van der Waals surface area contributed by atoms with Gasteiger partial charge in [0, 0.05) is 12.1 Å². The maximum Gasteiger partial charge on any atom is 0.248 e. The number of primary amides is 1. The average molecular weight is 315 g/mol. The minimum absolute atomic E-state index is 0.0751. The number of nitrogens with two attached hydrogens (primary N) is 2. The number of hydrogen-bond acceptors (Lipinski definition) is 5. The Hall–Kier alpha value is -1.64. The van der Waals surface area contributed by atoms with E-state index in [4.69, 9.17) is 11.5 Å². The Morgan fingerprint density at radius 2 is 2.05 bits per heavy atom. The van der Waals surface area contributed by atoms with Crippen molar-refractivity contribution in [3.8, 4) is 0 Å². The summed E-state index contributed by atoms with van der Waals surface area (Å²) in [5, 5.41) is 9.99. The summed E-state index contributed by atoms with van der Waals surface area (Å²) in [6.45, 7) is 3.32. The third-order valence-corrected chi connectivity index (χ3v) is 4.49. The van der Waals surface area contributed by atoms with E-state index < -0.39 is 21.5 Å². The van der Waals surface area contributed by atoms with E-state index in [1.807, 2.05) is 6.92 Å². The van der Waals surface area contributed by atoms with Crippen LogP contribution in [0.3, 0.4) is 0 Å². The van der Waals surface area contributed by atoms with Crippen molar-refractivity contribution in [2.75, 3.05) is 12.3 Å². The summed E-state index contributed by atoms with van der Waals surface area (Å²) in [6, 6.07) is 3.71. The molecule has 0 aliphatic rings. The number of aliphatic hydroxyl groups is 1. The number of anilines is 1. The Labute approximate surface area is 124 Å². The number of rotatable bonds is 7.